The Morgan fingerprint density at radius 2 is 2.00 bits per heavy atom. The van der Waals surface area contributed by atoms with Gasteiger partial charge in [0.2, 0.25) is 0 Å². The van der Waals surface area contributed by atoms with Gasteiger partial charge in [-0.25, -0.2) is 4.79 Å². The third kappa shape index (κ3) is 2.17. The van der Waals surface area contributed by atoms with E-state index in [2.05, 4.69) is 11.1 Å². The minimum Gasteiger partial charge on any atom is -0.447 e. The lowest BCUT2D eigenvalue weighted by molar-refractivity contribution is 0.181. The third-order valence-corrected chi connectivity index (χ3v) is 3.19. The number of benzene rings is 1. The van der Waals surface area contributed by atoms with Gasteiger partial charge in [-0.2, -0.15) is 0 Å². The van der Waals surface area contributed by atoms with Gasteiger partial charge < -0.3 is 4.74 Å². The molecule has 0 atom stereocenters. The summed E-state index contributed by atoms with van der Waals surface area (Å²) < 4.78 is 5.02. The monoisotopic (exact) mass is 254 g/mol. The number of aromatic nitrogens is 1. The van der Waals surface area contributed by atoms with E-state index in [0.29, 0.717) is 13.2 Å². The van der Waals surface area contributed by atoms with E-state index in [9.17, 15) is 4.79 Å². The van der Waals surface area contributed by atoms with Crippen LogP contribution >= 0.6 is 0 Å². The number of nitrogens with zero attached hydrogens (tertiary/aromatic N) is 2. The Labute approximate surface area is 111 Å². The molecule has 2 aromatic rings. The van der Waals surface area contributed by atoms with Crippen LogP contribution in [0.3, 0.4) is 0 Å². The summed E-state index contributed by atoms with van der Waals surface area (Å²) in [5.41, 5.74) is 4.12. The van der Waals surface area contributed by atoms with Gasteiger partial charge in [0.1, 0.15) is 6.61 Å². The van der Waals surface area contributed by atoms with Crippen molar-refractivity contribution in [2.45, 2.75) is 6.92 Å². The molecule has 2 heterocycles. The molecule has 96 valence electrons. The Bertz CT molecular complexity index is 611. The Morgan fingerprint density at radius 3 is 2.68 bits per heavy atom. The van der Waals surface area contributed by atoms with Crippen molar-refractivity contribution < 1.29 is 9.53 Å². The predicted molar refractivity (Wildman–Crippen MR) is 73.1 cm³/mol. The van der Waals surface area contributed by atoms with Crippen molar-refractivity contribution in [2.24, 2.45) is 0 Å². The molecule has 1 saturated heterocycles. The molecule has 0 spiro atoms. The minimum atomic E-state index is -0.279. The van der Waals surface area contributed by atoms with E-state index in [-0.39, 0.29) is 6.09 Å². The van der Waals surface area contributed by atoms with E-state index >= 15 is 0 Å². The molecular formula is C15H14N2O2. The first-order valence-electron chi connectivity index (χ1n) is 6.21. The molecule has 19 heavy (non-hydrogen) atoms. The van der Waals surface area contributed by atoms with Gasteiger partial charge in [-0.15, -0.1) is 0 Å². The van der Waals surface area contributed by atoms with Crippen molar-refractivity contribution in [1.82, 2.24) is 4.98 Å². The summed E-state index contributed by atoms with van der Waals surface area (Å²) >= 11 is 0. The van der Waals surface area contributed by atoms with Crippen molar-refractivity contribution in [3.8, 4) is 11.1 Å². The highest BCUT2D eigenvalue weighted by molar-refractivity contribution is 5.95. The van der Waals surface area contributed by atoms with Gasteiger partial charge in [-0.1, -0.05) is 11.6 Å². The van der Waals surface area contributed by atoms with Crippen molar-refractivity contribution in [3.05, 3.63) is 48.3 Å². The van der Waals surface area contributed by atoms with Crippen LogP contribution in [0.15, 0.2) is 42.7 Å². The summed E-state index contributed by atoms with van der Waals surface area (Å²) in [6, 6.07) is 9.94. The second kappa shape index (κ2) is 4.72. The number of carbonyl (C=O) groups excluding carboxylic acids is 1. The van der Waals surface area contributed by atoms with Gasteiger partial charge in [0.25, 0.3) is 0 Å². The Hall–Kier alpha value is -2.36. The van der Waals surface area contributed by atoms with Crippen LogP contribution in [-0.2, 0) is 4.74 Å². The van der Waals surface area contributed by atoms with Gasteiger partial charge in [0, 0.05) is 18.0 Å². The Morgan fingerprint density at radius 1 is 1.21 bits per heavy atom. The van der Waals surface area contributed by atoms with E-state index in [4.69, 9.17) is 4.74 Å². The molecule has 0 aliphatic carbocycles. The van der Waals surface area contributed by atoms with Crippen LogP contribution in [0.2, 0.25) is 0 Å². The number of pyridine rings is 1. The number of hydrogen-bond donors (Lipinski definition) is 0. The average molecular weight is 254 g/mol. The molecule has 4 nitrogen and oxygen atoms in total. The molecule has 0 N–H and O–H groups in total. The predicted octanol–water partition coefficient (Wildman–Crippen LogP) is 3.01. The third-order valence-electron chi connectivity index (χ3n) is 3.19. The van der Waals surface area contributed by atoms with Crippen LogP contribution in [-0.4, -0.2) is 24.2 Å². The van der Waals surface area contributed by atoms with Gasteiger partial charge in [-0.3, -0.25) is 9.88 Å². The molecule has 0 unspecified atom stereocenters. The highest BCUT2D eigenvalue weighted by Gasteiger charge is 2.25. The maximum atomic E-state index is 11.7. The molecule has 0 saturated carbocycles. The molecule has 1 aliphatic rings. The number of aryl methyl sites for hydroxylation is 1. The van der Waals surface area contributed by atoms with Gasteiger partial charge in [0.15, 0.2) is 0 Å². The van der Waals surface area contributed by atoms with E-state index < -0.39 is 0 Å². The molecule has 0 bridgehead atoms. The molecule has 4 heteroatoms. The van der Waals surface area contributed by atoms with Crippen LogP contribution in [0, 0.1) is 6.92 Å². The Kier molecular flexibility index (Phi) is 2.91. The lowest BCUT2D eigenvalue weighted by Gasteiger charge is -2.18. The quantitative estimate of drug-likeness (QED) is 0.827. The van der Waals surface area contributed by atoms with E-state index in [1.807, 2.05) is 31.2 Å². The zero-order valence-electron chi connectivity index (χ0n) is 10.7. The topological polar surface area (TPSA) is 42.4 Å². The molecule has 3 rings (SSSR count). The summed E-state index contributed by atoms with van der Waals surface area (Å²) in [4.78, 5) is 17.4. The molecule has 1 aromatic carbocycles. The van der Waals surface area contributed by atoms with E-state index in [0.717, 1.165) is 22.4 Å². The SMILES string of the molecule is Cc1ccc(N2CCOC2=O)c(-c2ccncc2)c1. The highest BCUT2D eigenvalue weighted by atomic mass is 16.6. The summed E-state index contributed by atoms with van der Waals surface area (Å²) in [6.07, 6.45) is 3.23. The van der Waals surface area contributed by atoms with Crippen LogP contribution < -0.4 is 4.90 Å². The number of ether oxygens (including phenoxy) is 1. The van der Waals surface area contributed by atoms with Crippen molar-refractivity contribution in [3.63, 3.8) is 0 Å². The van der Waals surface area contributed by atoms with Crippen molar-refractivity contribution in [2.75, 3.05) is 18.1 Å². The largest absolute Gasteiger partial charge is 0.447 e. The number of amides is 1. The molecular weight excluding hydrogens is 240 g/mol. The fourth-order valence-electron chi connectivity index (χ4n) is 2.26. The standard InChI is InChI=1S/C15H14N2O2/c1-11-2-3-14(17-8-9-19-15(17)18)13(10-11)12-4-6-16-7-5-12/h2-7,10H,8-9H2,1H3. The molecule has 1 aliphatic heterocycles. The van der Waals surface area contributed by atoms with Crippen molar-refractivity contribution in [1.29, 1.82) is 0 Å². The first-order valence-corrected chi connectivity index (χ1v) is 6.21. The van der Waals surface area contributed by atoms with Gasteiger partial charge in [-0.05, 0) is 36.8 Å². The number of carbonyl (C=O) groups is 1. The maximum absolute atomic E-state index is 11.7. The number of anilines is 1. The van der Waals surface area contributed by atoms with Gasteiger partial charge in [0.05, 0.1) is 12.2 Å². The smallest absolute Gasteiger partial charge is 0.414 e. The normalized spacial score (nSPS) is 14.6. The molecule has 0 radical (unpaired) electrons. The second-order valence-electron chi connectivity index (χ2n) is 4.52. The first-order chi connectivity index (χ1) is 9.25. The van der Waals surface area contributed by atoms with Crippen molar-refractivity contribution >= 4 is 11.8 Å². The van der Waals surface area contributed by atoms with Gasteiger partial charge >= 0.3 is 6.09 Å². The fraction of sp³-hybridized carbons (Fsp3) is 0.200. The molecule has 1 aromatic heterocycles. The molecule has 1 fully saturated rings. The minimum absolute atomic E-state index is 0.279. The maximum Gasteiger partial charge on any atom is 0.414 e. The number of hydrogen-bond acceptors (Lipinski definition) is 3. The van der Waals surface area contributed by atoms with Crippen LogP contribution in [0.1, 0.15) is 5.56 Å². The van der Waals surface area contributed by atoms with Crippen LogP contribution in [0.25, 0.3) is 11.1 Å². The van der Waals surface area contributed by atoms with E-state index in [1.165, 1.54) is 0 Å². The summed E-state index contributed by atoms with van der Waals surface area (Å²) in [5, 5.41) is 0. The summed E-state index contributed by atoms with van der Waals surface area (Å²) in [6.45, 7) is 3.08. The highest BCUT2D eigenvalue weighted by Crippen LogP contribution is 2.32. The summed E-state index contributed by atoms with van der Waals surface area (Å²) in [7, 11) is 0. The summed E-state index contributed by atoms with van der Waals surface area (Å²) in [5.74, 6) is 0. The average Bonchev–Trinajstić information content (AvgIpc) is 2.86. The lowest BCUT2D eigenvalue weighted by atomic mass is 10.0. The van der Waals surface area contributed by atoms with Crippen LogP contribution in [0.5, 0.6) is 0 Å². The zero-order chi connectivity index (χ0) is 13.2. The number of rotatable bonds is 2. The lowest BCUT2D eigenvalue weighted by Crippen LogP contribution is -2.23. The molecule has 1 amide bonds. The van der Waals surface area contributed by atoms with Crippen LogP contribution in [0.4, 0.5) is 10.5 Å². The first kappa shape index (κ1) is 11.7. The Balaban J connectivity index is 2.12. The van der Waals surface area contributed by atoms with E-state index in [1.54, 1.807) is 17.3 Å². The zero-order valence-corrected chi connectivity index (χ0v) is 10.7. The fourth-order valence-corrected chi connectivity index (χ4v) is 2.26. The second-order valence-corrected chi connectivity index (χ2v) is 4.52. The number of cyclic esters (lactones) is 1.